The number of rotatable bonds is 4. The van der Waals surface area contributed by atoms with Gasteiger partial charge >= 0.3 is 0 Å². The lowest BCUT2D eigenvalue weighted by Crippen LogP contribution is -2.21. The lowest BCUT2D eigenvalue weighted by Gasteiger charge is -2.05. The molecule has 0 fully saturated rings. The zero-order valence-corrected chi connectivity index (χ0v) is 13.2. The molecule has 1 aromatic heterocycles. The Balaban J connectivity index is 2.18. The van der Waals surface area contributed by atoms with Crippen molar-refractivity contribution in [2.75, 3.05) is 0 Å². The molecule has 1 N–H and O–H groups in total. The smallest absolute Gasteiger partial charge is 0.124 e. The Morgan fingerprint density at radius 2 is 2.17 bits per heavy atom. The molecular formula is C14H17BrN2S. The fourth-order valence-corrected chi connectivity index (χ4v) is 3.33. The van der Waals surface area contributed by atoms with Gasteiger partial charge in [-0.15, -0.1) is 11.3 Å². The van der Waals surface area contributed by atoms with Crippen LogP contribution < -0.4 is 5.32 Å². The van der Waals surface area contributed by atoms with Crippen LogP contribution in [0.3, 0.4) is 0 Å². The molecular weight excluding hydrogens is 308 g/mol. The summed E-state index contributed by atoms with van der Waals surface area (Å²) in [5.74, 6) is 0. The molecule has 2 aromatic rings. The van der Waals surface area contributed by atoms with Crippen molar-refractivity contribution in [3.8, 4) is 10.6 Å². The summed E-state index contributed by atoms with van der Waals surface area (Å²) in [4.78, 5) is 5.77. The van der Waals surface area contributed by atoms with Crippen molar-refractivity contribution in [1.82, 2.24) is 10.3 Å². The minimum absolute atomic E-state index is 0.502. The number of aryl methyl sites for hydroxylation is 1. The van der Waals surface area contributed by atoms with E-state index in [-0.39, 0.29) is 0 Å². The second kappa shape index (κ2) is 5.95. The molecule has 0 saturated heterocycles. The van der Waals surface area contributed by atoms with E-state index >= 15 is 0 Å². The van der Waals surface area contributed by atoms with Crippen LogP contribution >= 0.6 is 27.3 Å². The topological polar surface area (TPSA) is 24.9 Å². The van der Waals surface area contributed by atoms with E-state index in [1.54, 1.807) is 11.3 Å². The first-order valence-corrected chi connectivity index (χ1v) is 7.62. The quantitative estimate of drug-likeness (QED) is 0.902. The van der Waals surface area contributed by atoms with E-state index in [0.29, 0.717) is 6.04 Å². The third-order valence-corrected chi connectivity index (χ3v) is 4.28. The Morgan fingerprint density at radius 3 is 2.83 bits per heavy atom. The van der Waals surface area contributed by atoms with Crippen LogP contribution in [0.15, 0.2) is 28.9 Å². The number of benzene rings is 1. The molecule has 0 atom stereocenters. The molecule has 0 unspecified atom stereocenters. The lowest BCUT2D eigenvalue weighted by atomic mass is 10.2. The van der Waals surface area contributed by atoms with Gasteiger partial charge in [0.25, 0.3) is 0 Å². The maximum absolute atomic E-state index is 4.50. The summed E-state index contributed by atoms with van der Waals surface area (Å²) in [6.45, 7) is 7.28. The number of thiazole rings is 1. The van der Waals surface area contributed by atoms with Gasteiger partial charge in [0.15, 0.2) is 0 Å². The highest BCUT2D eigenvalue weighted by atomic mass is 79.9. The summed E-state index contributed by atoms with van der Waals surface area (Å²) in [5, 5.41) is 4.48. The van der Waals surface area contributed by atoms with E-state index in [1.165, 1.54) is 16.0 Å². The Bertz CT molecular complexity index is 534. The van der Waals surface area contributed by atoms with Crippen molar-refractivity contribution in [1.29, 1.82) is 0 Å². The van der Waals surface area contributed by atoms with Crippen molar-refractivity contribution in [3.63, 3.8) is 0 Å². The maximum Gasteiger partial charge on any atom is 0.124 e. The largest absolute Gasteiger partial charge is 0.310 e. The van der Waals surface area contributed by atoms with Gasteiger partial charge < -0.3 is 5.32 Å². The van der Waals surface area contributed by atoms with E-state index < -0.39 is 0 Å². The van der Waals surface area contributed by atoms with Gasteiger partial charge in [-0.2, -0.15) is 0 Å². The normalized spacial score (nSPS) is 11.2. The predicted molar refractivity (Wildman–Crippen MR) is 82.0 cm³/mol. The van der Waals surface area contributed by atoms with Crippen LogP contribution in [0.1, 0.15) is 24.3 Å². The molecule has 0 bridgehead atoms. The standard InChI is InChI=1S/C14H17BrN2S/c1-9(2)16-7-11-8-17-14(18-11)12-5-4-10(3)6-13(12)15/h4-6,8-9,16H,7H2,1-3H3. The number of nitrogens with one attached hydrogen (secondary N) is 1. The first-order chi connectivity index (χ1) is 8.56. The summed E-state index contributed by atoms with van der Waals surface area (Å²) in [5.41, 5.74) is 2.42. The lowest BCUT2D eigenvalue weighted by molar-refractivity contribution is 0.593. The second-order valence-electron chi connectivity index (χ2n) is 4.65. The van der Waals surface area contributed by atoms with Gasteiger partial charge in [-0.05, 0) is 18.6 Å². The van der Waals surface area contributed by atoms with Gasteiger partial charge in [0.1, 0.15) is 5.01 Å². The minimum atomic E-state index is 0.502. The van der Waals surface area contributed by atoms with E-state index in [0.717, 1.165) is 16.0 Å². The summed E-state index contributed by atoms with van der Waals surface area (Å²) < 4.78 is 1.11. The van der Waals surface area contributed by atoms with Gasteiger partial charge in [0.2, 0.25) is 0 Å². The average Bonchev–Trinajstić information content (AvgIpc) is 2.75. The number of halogens is 1. The molecule has 4 heteroatoms. The number of hydrogen-bond acceptors (Lipinski definition) is 3. The molecule has 1 heterocycles. The Kier molecular flexibility index (Phi) is 4.54. The van der Waals surface area contributed by atoms with E-state index in [9.17, 15) is 0 Å². The van der Waals surface area contributed by atoms with E-state index in [1.807, 2.05) is 6.20 Å². The first-order valence-electron chi connectivity index (χ1n) is 6.01. The van der Waals surface area contributed by atoms with Gasteiger partial charge in [0.05, 0.1) is 0 Å². The zero-order valence-electron chi connectivity index (χ0n) is 10.8. The molecule has 0 aliphatic heterocycles. The molecule has 2 rings (SSSR count). The van der Waals surface area contributed by atoms with Crippen LogP contribution in [0, 0.1) is 6.92 Å². The second-order valence-corrected chi connectivity index (χ2v) is 6.62. The molecule has 96 valence electrons. The number of nitrogens with zero attached hydrogens (tertiary/aromatic N) is 1. The van der Waals surface area contributed by atoms with E-state index in [2.05, 4.69) is 65.2 Å². The zero-order chi connectivity index (χ0) is 13.1. The van der Waals surface area contributed by atoms with Crippen LogP contribution in [-0.4, -0.2) is 11.0 Å². The van der Waals surface area contributed by atoms with Crippen LogP contribution in [0.2, 0.25) is 0 Å². The molecule has 1 aromatic carbocycles. The third-order valence-electron chi connectivity index (χ3n) is 2.59. The molecule has 18 heavy (non-hydrogen) atoms. The van der Waals surface area contributed by atoms with Gasteiger partial charge in [0, 0.05) is 33.7 Å². The van der Waals surface area contributed by atoms with Crippen molar-refractivity contribution in [2.45, 2.75) is 33.4 Å². The van der Waals surface area contributed by atoms with Gasteiger partial charge in [-0.25, -0.2) is 4.98 Å². The molecule has 2 nitrogen and oxygen atoms in total. The molecule has 0 amide bonds. The van der Waals surface area contributed by atoms with E-state index in [4.69, 9.17) is 0 Å². The molecule has 0 saturated carbocycles. The van der Waals surface area contributed by atoms with Crippen molar-refractivity contribution in [3.05, 3.63) is 39.3 Å². The van der Waals surface area contributed by atoms with Crippen molar-refractivity contribution in [2.24, 2.45) is 0 Å². The molecule has 0 aliphatic carbocycles. The number of aromatic nitrogens is 1. The predicted octanol–water partition coefficient (Wildman–Crippen LogP) is 4.38. The summed E-state index contributed by atoms with van der Waals surface area (Å²) >= 11 is 5.35. The summed E-state index contributed by atoms with van der Waals surface area (Å²) in [6, 6.07) is 6.87. The van der Waals surface area contributed by atoms with Crippen LogP contribution in [-0.2, 0) is 6.54 Å². The SMILES string of the molecule is Cc1ccc(-c2ncc(CNC(C)C)s2)c(Br)c1. The van der Waals surface area contributed by atoms with Crippen molar-refractivity contribution >= 4 is 27.3 Å². The maximum atomic E-state index is 4.50. The first kappa shape index (κ1) is 13.7. The average molecular weight is 325 g/mol. The highest BCUT2D eigenvalue weighted by Gasteiger charge is 2.08. The molecule has 0 radical (unpaired) electrons. The Labute approximate surface area is 121 Å². The molecule has 0 aliphatic rings. The number of hydrogen-bond donors (Lipinski definition) is 1. The third kappa shape index (κ3) is 3.40. The van der Waals surface area contributed by atoms with Crippen molar-refractivity contribution < 1.29 is 0 Å². The van der Waals surface area contributed by atoms with Crippen LogP contribution in [0.5, 0.6) is 0 Å². The summed E-state index contributed by atoms with van der Waals surface area (Å²) in [7, 11) is 0. The Hall–Kier alpha value is -0.710. The van der Waals surface area contributed by atoms with Crippen LogP contribution in [0.25, 0.3) is 10.6 Å². The van der Waals surface area contributed by atoms with Crippen LogP contribution in [0.4, 0.5) is 0 Å². The molecule has 0 spiro atoms. The monoisotopic (exact) mass is 324 g/mol. The highest BCUT2D eigenvalue weighted by Crippen LogP contribution is 2.32. The minimum Gasteiger partial charge on any atom is -0.310 e. The highest BCUT2D eigenvalue weighted by molar-refractivity contribution is 9.10. The summed E-state index contributed by atoms with van der Waals surface area (Å²) in [6.07, 6.45) is 1.96. The van der Waals surface area contributed by atoms with Gasteiger partial charge in [-0.1, -0.05) is 41.9 Å². The Morgan fingerprint density at radius 1 is 1.39 bits per heavy atom. The fraction of sp³-hybridized carbons (Fsp3) is 0.357. The van der Waals surface area contributed by atoms with Gasteiger partial charge in [-0.3, -0.25) is 0 Å². The fourth-order valence-electron chi connectivity index (χ4n) is 1.61.